The Morgan fingerprint density at radius 1 is 1.59 bits per heavy atom. The normalized spacial score (nSPS) is 22.4. The fourth-order valence-electron chi connectivity index (χ4n) is 1.94. The molecule has 0 N–H and O–H groups in total. The van der Waals surface area contributed by atoms with Crippen LogP contribution in [0.5, 0.6) is 0 Å². The summed E-state index contributed by atoms with van der Waals surface area (Å²) >= 11 is 8.18. The first kappa shape index (κ1) is 13.1. The number of halogens is 2. The zero-order valence-electron chi connectivity index (χ0n) is 9.91. The summed E-state index contributed by atoms with van der Waals surface area (Å²) < 4.78 is 0.972. The van der Waals surface area contributed by atoms with Gasteiger partial charge < -0.3 is 4.90 Å². The van der Waals surface area contributed by atoms with E-state index in [0.717, 1.165) is 16.0 Å². The summed E-state index contributed by atoms with van der Waals surface area (Å²) in [7, 11) is 1.86. The van der Waals surface area contributed by atoms with Crippen LogP contribution in [0, 0.1) is 15.4 Å². The molecular weight excluding hydrogens is 349 g/mol. The van der Waals surface area contributed by atoms with Gasteiger partial charge in [-0.3, -0.25) is 4.79 Å². The Kier molecular flexibility index (Phi) is 3.98. The summed E-state index contributed by atoms with van der Waals surface area (Å²) in [6.45, 7) is 3.08. The number of benzene rings is 1. The van der Waals surface area contributed by atoms with Crippen LogP contribution in [0.1, 0.15) is 23.7 Å². The monoisotopic (exact) mass is 363 g/mol. The summed E-state index contributed by atoms with van der Waals surface area (Å²) in [5.74, 6) is 1.51. The molecule has 0 aliphatic heterocycles. The Morgan fingerprint density at radius 3 is 2.76 bits per heavy atom. The van der Waals surface area contributed by atoms with E-state index in [1.54, 1.807) is 11.0 Å². The van der Waals surface area contributed by atoms with Crippen LogP contribution in [0.15, 0.2) is 18.2 Å². The van der Waals surface area contributed by atoms with Crippen LogP contribution >= 0.6 is 34.2 Å². The first-order valence-electron chi connectivity index (χ1n) is 5.69. The minimum Gasteiger partial charge on any atom is -0.341 e. The van der Waals surface area contributed by atoms with E-state index in [9.17, 15) is 4.79 Å². The molecule has 17 heavy (non-hydrogen) atoms. The Balaban J connectivity index is 2.05. The van der Waals surface area contributed by atoms with Gasteiger partial charge in [-0.2, -0.15) is 0 Å². The summed E-state index contributed by atoms with van der Waals surface area (Å²) in [6.07, 6.45) is 1.24. The van der Waals surface area contributed by atoms with Gasteiger partial charge in [-0.05, 0) is 59.0 Å². The lowest BCUT2D eigenvalue weighted by Gasteiger charge is -2.17. The Bertz CT molecular complexity index is 449. The van der Waals surface area contributed by atoms with Crippen LogP contribution in [-0.4, -0.2) is 24.4 Å². The quantitative estimate of drug-likeness (QED) is 0.750. The molecule has 0 aromatic heterocycles. The van der Waals surface area contributed by atoms with E-state index >= 15 is 0 Å². The van der Waals surface area contributed by atoms with Crippen LogP contribution in [0.3, 0.4) is 0 Å². The summed E-state index contributed by atoms with van der Waals surface area (Å²) in [5, 5.41) is 0.643. The predicted molar refractivity (Wildman–Crippen MR) is 78.4 cm³/mol. The Labute approximate surface area is 120 Å². The summed E-state index contributed by atoms with van der Waals surface area (Å²) in [4.78, 5) is 13.9. The fourth-order valence-corrected chi connectivity index (χ4v) is 2.45. The average molecular weight is 364 g/mol. The highest BCUT2D eigenvalue weighted by Crippen LogP contribution is 2.38. The molecular formula is C13H15ClINO. The maximum atomic E-state index is 12.1. The molecule has 1 amide bonds. The highest BCUT2D eigenvalue weighted by molar-refractivity contribution is 14.1. The molecule has 2 unspecified atom stereocenters. The number of carbonyl (C=O) groups excluding carboxylic acids is 1. The first-order valence-corrected chi connectivity index (χ1v) is 7.15. The molecule has 1 aliphatic carbocycles. The van der Waals surface area contributed by atoms with E-state index in [2.05, 4.69) is 29.5 Å². The van der Waals surface area contributed by atoms with Gasteiger partial charge in [0.25, 0.3) is 5.91 Å². The van der Waals surface area contributed by atoms with Gasteiger partial charge in [0.15, 0.2) is 0 Å². The molecule has 2 nitrogen and oxygen atoms in total. The minimum atomic E-state index is 0.0578. The number of hydrogen-bond acceptors (Lipinski definition) is 1. The van der Waals surface area contributed by atoms with Crippen LogP contribution in [0.4, 0.5) is 0 Å². The van der Waals surface area contributed by atoms with Crippen molar-refractivity contribution in [2.45, 2.75) is 13.3 Å². The zero-order valence-corrected chi connectivity index (χ0v) is 12.8. The van der Waals surface area contributed by atoms with Crippen molar-refractivity contribution in [3.63, 3.8) is 0 Å². The number of hydrogen-bond donors (Lipinski definition) is 0. The van der Waals surface area contributed by atoms with Gasteiger partial charge in [-0.1, -0.05) is 18.5 Å². The molecule has 0 radical (unpaired) electrons. The van der Waals surface area contributed by atoms with Crippen molar-refractivity contribution in [1.29, 1.82) is 0 Å². The van der Waals surface area contributed by atoms with E-state index in [4.69, 9.17) is 11.6 Å². The van der Waals surface area contributed by atoms with Crippen LogP contribution in [-0.2, 0) is 0 Å². The Hall–Kier alpha value is -0.290. The van der Waals surface area contributed by atoms with Crippen molar-refractivity contribution >= 4 is 40.1 Å². The highest BCUT2D eigenvalue weighted by atomic mass is 127. The van der Waals surface area contributed by atoms with Gasteiger partial charge in [-0.15, -0.1) is 0 Å². The van der Waals surface area contributed by atoms with Crippen LogP contribution in [0.2, 0.25) is 5.02 Å². The van der Waals surface area contributed by atoms with Crippen molar-refractivity contribution in [3.05, 3.63) is 32.4 Å². The van der Waals surface area contributed by atoms with E-state index in [1.165, 1.54) is 6.42 Å². The number of rotatable bonds is 3. The largest absolute Gasteiger partial charge is 0.341 e. The molecule has 0 heterocycles. The SMILES string of the molecule is CC1CC1CN(C)C(=O)c1ccc(I)c(Cl)c1. The maximum Gasteiger partial charge on any atom is 0.253 e. The first-order chi connectivity index (χ1) is 7.99. The Morgan fingerprint density at radius 2 is 2.24 bits per heavy atom. The smallest absolute Gasteiger partial charge is 0.253 e. The third kappa shape index (κ3) is 3.13. The molecule has 92 valence electrons. The van der Waals surface area contributed by atoms with Crippen LogP contribution < -0.4 is 0 Å². The van der Waals surface area contributed by atoms with E-state index in [-0.39, 0.29) is 5.91 Å². The molecule has 0 spiro atoms. The van der Waals surface area contributed by atoms with E-state index in [0.29, 0.717) is 16.5 Å². The lowest BCUT2D eigenvalue weighted by Crippen LogP contribution is -2.29. The third-order valence-electron chi connectivity index (χ3n) is 3.30. The van der Waals surface area contributed by atoms with Gasteiger partial charge in [0.1, 0.15) is 0 Å². The van der Waals surface area contributed by atoms with Crippen molar-refractivity contribution < 1.29 is 4.79 Å². The summed E-state index contributed by atoms with van der Waals surface area (Å²) in [5.41, 5.74) is 0.672. The van der Waals surface area contributed by atoms with Gasteiger partial charge in [0, 0.05) is 22.7 Å². The van der Waals surface area contributed by atoms with E-state index < -0.39 is 0 Å². The van der Waals surface area contributed by atoms with Crippen molar-refractivity contribution in [2.75, 3.05) is 13.6 Å². The standard InChI is InChI=1S/C13H15ClINO/c1-8-5-10(8)7-16(2)13(17)9-3-4-12(15)11(14)6-9/h3-4,6,8,10H,5,7H2,1-2H3. The fraction of sp³-hybridized carbons (Fsp3) is 0.462. The average Bonchev–Trinajstić information content (AvgIpc) is 2.97. The second-order valence-electron chi connectivity index (χ2n) is 4.79. The van der Waals surface area contributed by atoms with Crippen molar-refractivity contribution in [3.8, 4) is 0 Å². The molecule has 4 heteroatoms. The number of nitrogens with zero attached hydrogens (tertiary/aromatic N) is 1. The molecule has 1 saturated carbocycles. The molecule has 1 aliphatic rings. The van der Waals surface area contributed by atoms with Crippen molar-refractivity contribution in [2.24, 2.45) is 11.8 Å². The van der Waals surface area contributed by atoms with Gasteiger partial charge >= 0.3 is 0 Å². The molecule has 0 bridgehead atoms. The number of amides is 1. The molecule has 1 aromatic rings. The van der Waals surface area contributed by atoms with Gasteiger partial charge in [0.2, 0.25) is 0 Å². The topological polar surface area (TPSA) is 20.3 Å². The second kappa shape index (κ2) is 5.14. The highest BCUT2D eigenvalue weighted by Gasteiger charge is 2.34. The van der Waals surface area contributed by atoms with Gasteiger partial charge in [-0.25, -0.2) is 0 Å². The predicted octanol–water partition coefficient (Wildman–Crippen LogP) is 3.67. The molecule has 1 aromatic carbocycles. The maximum absolute atomic E-state index is 12.1. The third-order valence-corrected chi connectivity index (χ3v) is 4.87. The van der Waals surface area contributed by atoms with E-state index in [1.807, 2.05) is 19.2 Å². The zero-order chi connectivity index (χ0) is 12.6. The molecule has 0 saturated heterocycles. The lowest BCUT2D eigenvalue weighted by atomic mass is 10.2. The number of carbonyl (C=O) groups is 1. The van der Waals surface area contributed by atoms with Crippen molar-refractivity contribution in [1.82, 2.24) is 4.90 Å². The second-order valence-corrected chi connectivity index (χ2v) is 6.36. The molecule has 2 rings (SSSR count). The lowest BCUT2D eigenvalue weighted by molar-refractivity contribution is 0.0787. The molecule has 1 fully saturated rings. The summed E-state index contributed by atoms with van der Waals surface area (Å²) in [6, 6.07) is 5.46. The van der Waals surface area contributed by atoms with Crippen LogP contribution in [0.25, 0.3) is 0 Å². The minimum absolute atomic E-state index is 0.0578. The molecule has 2 atom stereocenters. The van der Waals surface area contributed by atoms with Gasteiger partial charge in [0.05, 0.1) is 5.02 Å².